The van der Waals surface area contributed by atoms with E-state index < -0.39 is 23.6 Å². The van der Waals surface area contributed by atoms with E-state index in [1.165, 1.54) is 11.6 Å². The fourth-order valence-electron chi connectivity index (χ4n) is 4.85. The van der Waals surface area contributed by atoms with Crippen molar-refractivity contribution >= 4 is 29.1 Å². The summed E-state index contributed by atoms with van der Waals surface area (Å²) in [7, 11) is 0. The van der Waals surface area contributed by atoms with Gasteiger partial charge in [0.1, 0.15) is 22.9 Å². The van der Waals surface area contributed by atoms with Crippen LogP contribution in [0.3, 0.4) is 0 Å². The number of halogens is 3. The molecule has 0 aliphatic carbocycles. The third-order valence-electron chi connectivity index (χ3n) is 7.09. The second-order valence-electron chi connectivity index (χ2n) is 11.1. The number of anilines is 3. The maximum atomic E-state index is 13.0. The topological polar surface area (TPSA) is 115 Å². The number of nitrogens with two attached hydrogens (primary N) is 1. The number of aryl methyl sites for hydroxylation is 3. The number of nitrogens with zero attached hydrogens (tertiary/aromatic N) is 3. The third-order valence-corrected chi connectivity index (χ3v) is 7.09. The zero-order valence-corrected chi connectivity index (χ0v) is 23.0. The molecule has 3 heterocycles. The van der Waals surface area contributed by atoms with Crippen molar-refractivity contribution in [2.24, 2.45) is 5.73 Å². The molecule has 2 amide bonds. The fourth-order valence-corrected chi connectivity index (χ4v) is 4.85. The van der Waals surface area contributed by atoms with Crippen LogP contribution < -0.4 is 16.4 Å². The molecule has 0 radical (unpaired) electrons. The van der Waals surface area contributed by atoms with E-state index in [-0.39, 0.29) is 22.4 Å². The molecule has 2 aromatic carbocycles. The van der Waals surface area contributed by atoms with Crippen molar-refractivity contribution in [3.05, 3.63) is 88.1 Å². The highest BCUT2D eigenvalue weighted by atomic mass is 19.4. The van der Waals surface area contributed by atoms with Gasteiger partial charge in [0, 0.05) is 29.6 Å². The minimum absolute atomic E-state index is 0.00892. The lowest BCUT2D eigenvalue weighted by atomic mass is 9.85. The summed E-state index contributed by atoms with van der Waals surface area (Å²) in [4.78, 5) is 29.4. The number of carbonyl (C=O) groups excluding carboxylic acids is 2. The lowest BCUT2D eigenvalue weighted by molar-refractivity contribution is -0.137. The second kappa shape index (κ2) is 10.1. The Balaban J connectivity index is 1.45. The monoisotopic (exact) mass is 562 g/mol. The molecule has 4 aromatic rings. The number of nitrogens with one attached hydrogen (secondary N) is 2. The van der Waals surface area contributed by atoms with Gasteiger partial charge in [-0.15, -0.1) is 0 Å². The Morgan fingerprint density at radius 2 is 1.78 bits per heavy atom. The summed E-state index contributed by atoms with van der Waals surface area (Å²) in [6.45, 7) is 8.67. The fraction of sp³-hybridized carbons (Fsp3) is 0.267. The number of benzene rings is 2. The summed E-state index contributed by atoms with van der Waals surface area (Å²) in [6, 6.07) is 12.7. The van der Waals surface area contributed by atoms with Gasteiger partial charge in [-0.25, -0.2) is 9.67 Å². The van der Waals surface area contributed by atoms with E-state index in [2.05, 4.69) is 48.5 Å². The van der Waals surface area contributed by atoms with E-state index in [0.717, 1.165) is 29.6 Å². The van der Waals surface area contributed by atoms with Crippen molar-refractivity contribution in [2.75, 3.05) is 10.6 Å². The first-order valence-electron chi connectivity index (χ1n) is 13.0. The van der Waals surface area contributed by atoms with Crippen LogP contribution in [0.25, 0.3) is 11.3 Å². The molecule has 2 aromatic heterocycles. The second-order valence-corrected chi connectivity index (χ2v) is 11.1. The van der Waals surface area contributed by atoms with Crippen LogP contribution in [0.4, 0.5) is 30.5 Å². The lowest BCUT2D eigenvalue weighted by Gasteiger charge is -2.21. The van der Waals surface area contributed by atoms with Gasteiger partial charge in [0.15, 0.2) is 0 Å². The standard InChI is InChI=1S/C30H29F3N6O2/c1-16-13-18(5-7-21(16)28(41)37-23-15-20(9-11-35-23)30(31,32)33)25-24(26(34)40)27-36-22-8-6-19(29(2,3)4)14-17(22)10-12-39(27)38-25/h5-9,11,13-15,36H,10,12H2,1-4H3,(H2,34,40)(H,35,37,41). The number of fused-ring (bicyclic) bond motifs is 2. The summed E-state index contributed by atoms with van der Waals surface area (Å²) >= 11 is 0. The third kappa shape index (κ3) is 5.52. The maximum absolute atomic E-state index is 13.0. The van der Waals surface area contributed by atoms with Crippen LogP contribution in [-0.4, -0.2) is 26.6 Å². The van der Waals surface area contributed by atoms with Crippen molar-refractivity contribution in [1.29, 1.82) is 0 Å². The molecule has 0 atom stereocenters. The Morgan fingerprint density at radius 1 is 1.02 bits per heavy atom. The van der Waals surface area contributed by atoms with Crippen molar-refractivity contribution in [3.8, 4) is 11.3 Å². The lowest BCUT2D eigenvalue weighted by Crippen LogP contribution is -2.16. The molecule has 1 aliphatic heterocycles. The molecule has 0 fully saturated rings. The first-order valence-corrected chi connectivity index (χ1v) is 13.0. The molecule has 11 heteroatoms. The van der Waals surface area contributed by atoms with Gasteiger partial charge in [0.05, 0.1) is 5.56 Å². The number of pyridine rings is 1. The van der Waals surface area contributed by atoms with E-state index in [1.807, 2.05) is 6.07 Å². The first kappa shape index (κ1) is 27.9. The first-order chi connectivity index (χ1) is 19.2. The van der Waals surface area contributed by atoms with Gasteiger partial charge in [0.25, 0.3) is 11.8 Å². The Morgan fingerprint density at radius 3 is 2.44 bits per heavy atom. The van der Waals surface area contributed by atoms with E-state index in [0.29, 0.717) is 35.6 Å². The van der Waals surface area contributed by atoms with Crippen LogP contribution in [0.15, 0.2) is 54.7 Å². The number of carbonyl (C=O) groups is 2. The molecule has 0 saturated heterocycles. The SMILES string of the molecule is Cc1cc(-c2nn3c(c2C(N)=O)Nc2ccc(C(C)(C)C)cc2CC3)ccc1C(=O)Nc1cc(C(F)(F)F)ccn1. The van der Waals surface area contributed by atoms with Crippen LogP contribution in [-0.2, 0) is 24.6 Å². The van der Waals surface area contributed by atoms with Gasteiger partial charge in [0.2, 0.25) is 0 Å². The Labute approximate surface area is 234 Å². The minimum atomic E-state index is -4.56. The number of hydrogen-bond acceptors (Lipinski definition) is 5. The molecular weight excluding hydrogens is 533 g/mol. The average Bonchev–Trinajstić information content (AvgIpc) is 3.15. The van der Waals surface area contributed by atoms with Crippen LogP contribution in [0.1, 0.15) is 63.7 Å². The quantitative estimate of drug-likeness (QED) is 0.273. The number of amides is 2. The average molecular weight is 563 g/mol. The van der Waals surface area contributed by atoms with Crippen molar-refractivity contribution < 1.29 is 22.8 Å². The summed E-state index contributed by atoms with van der Waals surface area (Å²) in [5.74, 6) is -1.00. The highest BCUT2D eigenvalue weighted by Gasteiger charge is 2.31. The smallest absolute Gasteiger partial charge is 0.365 e. The van der Waals surface area contributed by atoms with Crippen LogP contribution in [0.5, 0.6) is 0 Å². The molecule has 41 heavy (non-hydrogen) atoms. The molecule has 0 unspecified atom stereocenters. The van der Waals surface area contributed by atoms with Crippen molar-refractivity contribution in [2.45, 2.75) is 52.3 Å². The predicted molar refractivity (Wildman–Crippen MR) is 150 cm³/mol. The summed E-state index contributed by atoms with van der Waals surface area (Å²) in [6.07, 6.45) is -2.88. The predicted octanol–water partition coefficient (Wildman–Crippen LogP) is 6.22. The van der Waals surface area contributed by atoms with Gasteiger partial charge >= 0.3 is 6.18 Å². The van der Waals surface area contributed by atoms with Crippen LogP contribution in [0.2, 0.25) is 0 Å². The van der Waals surface area contributed by atoms with E-state index in [4.69, 9.17) is 10.8 Å². The number of rotatable bonds is 4. The number of hydrogen-bond donors (Lipinski definition) is 3. The molecule has 5 rings (SSSR count). The largest absolute Gasteiger partial charge is 0.416 e. The Bertz CT molecular complexity index is 1680. The van der Waals surface area contributed by atoms with Gasteiger partial charge in [-0.2, -0.15) is 18.3 Å². The number of aromatic nitrogens is 3. The highest BCUT2D eigenvalue weighted by molar-refractivity contribution is 6.06. The summed E-state index contributed by atoms with van der Waals surface area (Å²) < 4.78 is 40.8. The van der Waals surface area contributed by atoms with Crippen molar-refractivity contribution in [3.63, 3.8) is 0 Å². The van der Waals surface area contributed by atoms with Crippen LogP contribution in [0, 0.1) is 6.92 Å². The zero-order chi connectivity index (χ0) is 29.7. The van der Waals surface area contributed by atoms with Gasteiger partial charge < -0.3 is 16.4 Å². The minimum Gasteiger partial charge on any atom is -0.365 e. The number of alkyl halides is 3. The molecule has 0 bridgehead atoms. The maximum Gasteiger partial charge on any atom is 0.416 e. The summed E-state index contributed by atoms with van der Waals surface area (Å²) in [5.41, 5.74) is 10.0. The molecule has 8 nitrogen and oxygen atoms in total. The zero-order valence-electron chi connectivity index (χ0n) is 23.0. The molecule has 4 N–H and O–H groups in total. The molecular formula is C30H29F3N6O2. The van der Waals surface area contributed by atoms with E-state index in [9.17, 15) is 22.8 Å². The van der Waals surface area contributed by atoms with Crippen molar-refractivity contribution in [1.82, 2.24) is 14.8 Å². The molecule has 0 spiro atoms. The molecule has 1 aliphatic rings. The number of primary amides is 1. The van der Waals surface area contributed by atoms with Gasteiger partial charge in [-0.1, -0.05) is 39.0 Å². The van der Waals surface area contributed by atoms with Gasteiger partial charge in [-0.3, -0.25) is 9.59 Å². The normalized spacial score (nSPS) is 13.0. The highest BCUT2D eigenvalue weighted by Crippen LogP contribution is 2.36. The van der Waals surface area contributed by atoms with E-state index in [1.54, 1.807) is 23.7 Å². The Hall–Kier alpha value is -4.67. The van der Waals surface area contributed by atoms with Gasteiger partial charge in [-0.05, 0) is 65.8 Å². The van der Waals surface area contributed by atoms with Crippen LogP contribution >= 0.6 is 0 Å². The summed E-state index contributed by atoms with van der Waals surface area (Å²) in [5, 5.41) is 10.5. The molecule has 212 valence electrons. The van der Waals surface area contributed by atoms with E-state index >= 15 is 0 Å². The molecule has 0 saturated carbocycles. The Kier molecular flexibility index (Phi) is 6.84.